The fraction of sp³-hybridized carbons (Fsp3) is 0.647. The lowest BCUT2D eigenvalue weighted by Gasteiger charge is -2.27. The molecule has 2 saturated heterocycles. The van der Waals surface area contributed by atoms with Crippen molar-refractivity contribution in [1.29, 1.82) is 0 Å². The van der Waals surface area contributed by atoms with Gasteiger partial charge in [-0.05, 0) is 43.7 Å². The molecule has 4 heterocycles. The van der Waals surface area contributed by atoms with Crippen LogP contribution in [0.2, 0.25) is 0 Å². The van der Waals surface area contributed by atoms with E-state index in [1.165, 1.54) is 5.82 Å². The first-order chi connectivity index (χ1) is 10.9. The van der Waals surface area contributed by atoms with Crippen LogP contribution in [0.4, 0.5) is 0 Å². The summed E-state index contributed by atoms with van der Waals surface area (Å²) in [5.41, 5.74) is 2.06. The van der Waals surface area contributed by atoms with Crippen LogP contribution in [0.5, 0.6) is 0 Å². The van der Waals surface area contributed by atoms with Crippen molar-refractivity contribution in [3.05, 3.63) is 24.2 Å². The van der Waals surface area contributed by atoms with Crippen molar-refractivity contribution in [2.45, 2.75) is 38.1 Å². The predicted octanol–water partition coefficient (Wildman–Crippen LogP) is 2.75. The molecule has 2 fully saturated rings. The van der Waals surface area contributed by atoms with Gasteiger partial charge in [-0.3, -0.25) is 0 Å². The van der Waals surface area contributed by atoms with Crippen LogP contribution in [0.1, 0.15) is 37.5 Å². The quantitative estimate of drug-likeness (QED) is 0.874. The molecule has 5 nitrogen and oxygen atoms in total. The molecule has 0 radical (unpaired) electrons. The van der Waals surface area contributed by atoms with E-state index in [1.807, 2.05) is 12.3 Å². The Balaban J connectivity index is 1.68. The molecule has 2 aromatic heterocycles. The highest BCUT2D eigenvalue weighted by molar-refractivity contribution is 5.71. The number of pyridine rings is 1. The van der Waals surface area contributed by atoms with Crippen LogP contribution in [0.25, 0.3) is 11.2 Å². The predicted molar refractivity (Wildman–Crippen MR) is 83.9 cm³/mol. The number of nitrogens with zero attached hydrogens (tertiary/aromatic N) is 3. The van der Waals surface area contributed by atoms with E-state index >= 15 is 0 Å². The molecule has 118 valence electrons. The maximum Gasteiger partial charge on any atom is 0.160 e. The van der Waals surface area contributed by atoms with Crippen LogP contribution < -0.4 is 0 Å². The van der Waals surface area contributed by atoms with Gasteiger partial charge >= 0.3 is 0 Å². The molecule has 0 unspecified atom stereocenters. The number of fused-ring (bicyclic) bond motifs is 1. The molecule has 0 bridgehead atoms. The minimum Gasteiger partial charge on any atom is -0.381 e. The Kier molecular flexibility index (Phi) is 4.08. The van der Waals surface area contributed by atoms with E-state index in [4.69, 9.17) is 14.5 Å². The molecule has 0 amide bonds. The summed E-state index contributed by atoms with van der Waals surface area (Å²) in [6.45, 7) is 3.46. The van der Waals surface area contributed by atoms with Crippen LogP contribution in [-0.2, 0) is 15.9 Å². The van der Waals surface area contributed by atoms with E-state index in [1.54, 1.807) is 0 Å². The van der Waals surface area contributed by atoms with Gasteiger partial charge in [0.1, 0.15) is 11.3 Å². The van der Waals surface area contributed by atoms with E-state index in [-0.39, 0.29) is 0 Å². The Morgan fingerprint density at radius 3 is 2.55 bits per heavy atom. The molecular formula is C17H23N3O2. The number of rotatable bonds is 3. The summed E-state index contributed by atoms with van der Waals surface area (Å²) in [5, 5.41) is 0. The van der Waals surface area contributed by atoms with Gasteiger partial charge in [0.05, 0.1) is 0 Å². The zero-order valence-corrected chi connectivity index (χ0v) is 12.9. The lowest BCUT2D eigenvalue weighted by Crippen LogP contribution is -2.24. The van der Waals surface area contributed by atoms with E-state index < -0.39 is 0 Å². The minimum absolute atomic E-state index is 0.475. The van der Waals surface area contributed by atoms with Gasteiger partial charge in [0, 0.05) is 45.1 Å². The van der Waals surface area contributed by atoms with Crippen molar-refractivity contribution in [3.8, 4) is 0 Å². The molecule has 0 spiro atoms. The second-order valence-electron chi connectivity index (χ2n) is 6.35. The van der Waals surface area contributed by atoms with Gasteiger partial charge in [-0.25, -0.2) is 9.97 Å². The zero-order valence-electron chi connectivity index (χ0n) is 12.9. The van der Waals surface area contributed by atoms with Gasteiger partial charge in [0.2, 0.25) is 0 Å². The van der Waals surface area contributed by atoms with Crippen molar-refractivity contribution in [3.63, 3.8) is 0 Å². The van der Waals surface area contributed by atoms with Gasteiger partial charge in [0.15, 0.2) is 5.65 Å². The van der Waals surface area contributed by atoms with Gasteiger partial charge in [-0.1, -0.05) is 0 Å². The van der Waals surface area contributed by atoms with Gasteiger partial charge < -0.3 is 14.0 Å². The number of ether oxygens (including phenoxy) is 2. The molecule has 0 N–H and O–H groups in total. The molecule has 5 heteroatoms. The Morgan fingerprint density at radius 1 is 1.05 bits per heavy atom. The lowest BCUT2D eigenvalue weighted by molar-refractivity contribution is 0.0622. The maximum atomic E-state index is 5.53. The monoisotopic (exact) mass is 301 g/mol. The number of aromatic nitrogens is 3. The molecular weight excluding hydrogens is 278 g/mol. The third kappa shape index (κ3) is 2.75. The first-order valence-corrected chi connectivity index (χ1v) is 8.39. The van der Waals surface area contributed by atoms with Crippen molar-refractivity contribution in [2.24, 2.45) is 5.92 Å². The average Bonchev–Trinajstić information content (AvgIpc) is 2.94. The smallest absolute Gasteiger partial charge is 0.160 e. The van der Waals surface area contributed by atoms with Crippen LogP contribution in [-0.4, -0.2) is 41.0 Å². The highest BCUT2D eigenvalue weighted by atomic mass is 16.5. The molecule has 0 atom stereocenters. The highest BCUT2D eigenvalue weighted by Gasteiger charge is 2.24. The molecule has 0 saturated carbocycles. The third-order valence-electron chi connectivity index (χ3n) is 4.89. The van der Waals surface area contributed by atoms with E-state index in [9.17, 15) is 0 Å². The van der Waals surface area contributed by atoms with Crippen LogP contribution >= 0.6 is 0 Å². The van der Waals surface area contributed by atoms with Gasteiger partial charge in [-0.2, -0.15) is 0 Å². The summed E-state index contributed by atoms with van der Waals surface area (Å²) < 4.78 is 13.4. The molecule has 0 aliphatic carbocycles. The summed E-state index contributed by atoms with van der Waals surface area (Å²) in [6.07, 6.45) is 7.32. The van der Waals surface area contributed by atoms with Crippen molar-refractivity contribution in [1.82, 2.24) is 14.5 Å². The van der Waals surface area contributed by atoms with Crippen molar-refractivity contribution >= 4 is 11.2 Å². The Labute approximate surface area is 130 Å². The van der Waals surface area contributed by atoms with Crippen LogP contribution in [0.3, 0.4) is 0 Å². The van der Waals surface area contributed by atoms with E-state index in [0.717, 1.165) is 69.7 Å². The molecule has 2 aliphatic rings. The normalized spacial score (nSPS) is 21.5. The first-order valence-electron chi connectivity index (χ1n) is 8.39. The molecule has 22 heavy (non-hydrogen) atoms. The van der Waals surface area contributed by atoms with Gasteiger partial charge in [0.25, 0.3) is 0 Å². The molecule has 4 rings (SSSR count). The number of hydrogen-bond donors (Lipinski definition) is 0. The van der Waals surface area contributed by atoms with Gasteiger partial charge in [-0.15, -0.1) is 0 Å². The minimum atomic E-state index is 0.475. The highest BCUT2D eigenvalue weighted by Crippen LogP contribution is 2.29. The molecule has 2 aliphatic heterocycles. The SMILES string of the molecule is c1cnc2c(c1)nc(CC1CCOCC1)n2C1CCOCC1. The second kappa shape index (κ2) is 6.34. The second-order valence-corrected chi connectivity index (χ2v) is 6.35. The topological polar surface area (TPSA) is 49.2 Å². The maximum absolute atomic E-state index is 5.53. The number of imidazole rings is 1. The summed E-state index contributed by atoms with van der Waals surface area (Å²) >= 11 is 0. The van der Waals surface area contributed by atoms with E-state index in [2.05, 4.69) is 15.6 Å². The van der Waals surface area contributed by atoms with Crippen LogP contribution in [0.15, 0.2) is 18.3 Å². The Hall–Kier alpha value is -1.46. The number of hydrogen-bond acceptors (Lipinski definition) is 4. The van der Waals surface area contributed by atoms with Crippen LogP contribution in [0, 0.1) is 5.92 Å². The first kappa shape index (κ1) is 14.2. The summed E-state index contributed by atoms with van der Waals surface area (Å²) in [7, 11) is 0. The summed E-state index contributed by atoms with van der Waals surface area (Å²) in [4.78, 5) is 9.51. The summed E-state index contributed by atoms with van der Waals surface area (Å²) in [5.74, 6) is 1.89. The molecule has 0 aromatic carbocycles. The average molecular weight is 301 g/mol. The zero-order chi connectivity index (χ0) is 14.8. The van der Waals surface area contributed by atoms with Crippen molar-refractivity contribution in [2.75, 3.05) is 26.4 Å². The van der Waals surface area contributed by atoms with E-state index in [0.29, 0.717) is 12.0 Å². The Morgan fingerprint density at radius 2 is 1.77 bits per heavy atom. The Bertz CT molecular complexity index is 628. The molecule has 2 aromatic rings. The largest absolute Gasteiger partial charge is 0.381 e. The van der Waals surface area contributed by atoms with Crippen molar-refractivity contribution < 1.29 is 9.47 Å². The standard InChI is InChI=1S/C17H23N3O2/c1-2-15-17(18-7-1)20(14-5-10-22-11-6-14)16(19-15)12-13-3-8-21-9-4-13/h1-2,7,13-14H,3-6,8-12H2. The summed E-state index contributed by atoms with van der Waals surface area (Å²) in [6, 6.07) is 4.52. The lowest BCUT2D eigenvalue weighted by atomic mass is 9.96. The third-order valence-corrected chi connectivity index (χ3v) is 4.89. The fourth-order valence-corrected chi connectivity index (χ4v) is 3.66. The fourth-order valence-electron chi connectivity index (χ4n) is 3.66.